The quantitative estimate of drug-likeness (QED) is 0.0149. The Hall–Kier alpha value is -7.34. The number of carbonyl (C=O) groups is 9. The largest absolute Gasteiger partial charge is 0.462 e. The van der Waals surface area contributed by atoms with E-state index in [0.29, 0.717) is 12.8 Å². The van der Waals surface area contributed by atoms with Crippen molar-refractivity contribution < 1.29 is 124 Å². The maximum Gasteiger partial charge on any atom is 0.311 e. The fourth-order valence-electron chi connectivity index (χ4n) is 12.4. The van der Waals surface area contributed by atoms with Gasteiger partial charge in [0.15, 0.2) is 61.6 Å². The highest BCUT2D eigenvalue weighted by Gasteiger charge is 2.61. The Morgan fingerprint density at radius 2 is 0.757 bits per heavy atom. The summed E-state index contributed by atoms with van der Waals surface area (Å²) in [7, 11) is 0. The van der Waals surface area contributed by atoms with Gasteiger partial charge in [-0.15, -0.1) is 0 Å². The van der Waals surface area contributed by atoms with E-state index < -0.39 is 216 Å². The van der Waals surface area contributed by atoms with Crippen LogP contribution >= 0.6 is 0 Å². The van der Waals surface area contributed by atoms with Crippen LogP contribution in [0.15, 0.2) is 65.8 Å². The molecule has 648 valence electrons. The van der Waals surface area contributed by atoms with Gasteiger partial charge in [-0.3, -0.25) is 43.2 Å². The second kappa shape index (κ2) is 45.0. The van der Waals surface area contributed by atoms with Gasteiger partial charge in [-0.05, 0) is 155 Å². The average molecular weight is 1630 g/mol. The summed E-state index contributed by atoms with van der Waals surface area (Å²) < 4.78 is 111. The molecule has 0 spiro atoms. The molecule has 3 heterocycles. The van der Waals surface area contributed by atoms with Crippen LogP contribution in [0.25, 0.3) is 10.4 Å². The van der Waals surface area contributed by atoms with Crippen molar-refractivity contribution in [1.29, 1.82) is 0 Å². The first-order valence-corrected chi connectivity index (χ1v) is 40.6. The normalized spacial score (nSPS) is 24.9. The van der Waals surface area contributed by atoms with Crippen LogP contribution in [0, 0.1) is 32.5 Å². The topological polar surface area (TPSA) is 359 Å². The van der Waals surface area contributed by atoms with Crippen LogP contribution in [0.5, 0.6) is 0 Å². The molecule has 3 aliphatic rings. The van der Waals surface area contributed by atoms with E-state index in [-0.39, 0.29) is 13.2 Å². The van der Waals surface area contributed by atoms with Crippen LogP contribution < -0.4 is 0 Å². The molecule has 3 saturated heterocycles. The summed E-state index contributed by atoms with van der Waals surface area (Å²) in [6.07, 6.45) is -15.8. The monoisotopic (exact) mass is 1620 g/mol. The molecule has 0 radical (unpaired) electrons. The zero-order valence-corrected chi connectivity index (χ0v) is 72.3. The first-order valence-electron chi connectivity index (χ1n) is 40.6. The van der Waals surface area contributed by atoms with E-state index in [2.05, 4.69) is 16.9 Å². The molecule has 0 bridgehead atoms. The maximum atomic E-state index is 15.1. The summed E-state index contributed by atoms with van der Waals surface area (Å²) >= 11 is 0. The number of nitrogens with zero attached hydrogens (tertiary/aromatic N) is 3. The predicted molar refractivity (Wildman–Crippen MR) is 421 cm³/mol. The van der Waals surface area contributed by atoms with Crippen molar-refractivity contribution >= 4 is 53.7 Å². The molecule has 0 amide bonds. The fourth-order valence-corrected chi connectivity index (χ4v) is 12.4. The number of hydrogen-bond acceptors (Lipinski definition) is 27. The summed E-state index contributed by atoms with van der Waals surface area (Å²) in [6.45, 7) is 32.9. The fraction of sp³-hybridized carbons (Fsp3) is 0.756. The molecule has 115 heavy (non-hydrogen) atoms. The standard InChI is InChI=1S/C86H133N3O26/c1-24-25-26-27-28-29-30-31-32-33-34-41-46-59(99-47-56-42-37-35-38-43-56)63(100-48-57-44-39-36-40-45-57)58(88-89-87)49-101-72-69(114-79(97)85(18,19)20)68(113-78(96)84(15,16)17)64(60(108-72)50-102-75(93)81(6,7)8)110-74-71(115-80(98)86(21,22)23)67(65(112-77(95)83(12,13)14)61(109-74)51-103-76(94)82(9,10)11)111-73-70(107-55(5)92)66(106-54(4)91)62(52(2)104-73)105-53(3)90/h35-40,42-45,52,58-74H,24-34,41,46-51H2,1-23H3/t52-,58+,59-,60-,61-,62+,63+,64-,65+,66+,67+,68+,69-,70-,71-,72+,73-,74+/m1/s1. The van der Waals surface area contributed by atoms with Crippen LogP contribution in [0.2, 0.25) is 0 Å². The first kappa shape index (κ1) is 98.2. The molecule has 0 saturated carbocycles. The van der Waals surface area contributed by atoms with E-state index >= 15 is 9.59 Å². The van der Waals surface area contributed by atoms with Crippen LogP contribution in [0.4, 0.5) is 0 Å². The van der Waals surface area contributed by atoms with Crippen molar-refractivity contribution in [1.82, 2.24) is 0 Å². The molecule has 29 heteroatoms. The molecule has 3 aliphatic heterocycles. The van der Waals surface area contributed by atoms with Gasteiger partial charge in [0.1, 0.15) is 37.6 Å². The van der Waals surface area contributed by atoms with Crippen molar-refractivity contribution in [3.8, 4) is 0 Å². The van der Waals surface area contributed by atoms with Crippen molar-refractivity contribution in [2.45, 2.75) is 366 Å². The Morgan fingerprint density at radius 3 is 1.19 bits per heavy atom. The smallest absolute Gasteiger partial charge is 0.311 e. The third-order valence-corrected chi connectivity index (χ3v) is 19.1. The second-order valence-electron chi connectivity index (χ2n) is 36.3. The van der Waals surface area contributed by atoms with Gasteiger partial charge in [0.2, 0.25) is 0 Å². The number of esters is 9. The third-order valence-electron chi connectivity index (χ3n) is 19.1. The summed E-state index contributed by atoms with van der Waals surface area (Å²) in [5.74, 6) is -8.04. The lowest BCUT2D eigenvalue weighted by molar-refractivity contribution is -0.381. The van der Waals surface area contributed by atoms with E-state index in [4.69, 9.17) is 80.5 Å². The Labute approximate surface area is 680 Å². The molecule has 0 aromatic heterocycles. The van der Waals surface area contributed by atoms with Crippen molar-refractivity contribution in [3.05, 3.63) is 82.2 Å². The Kier molecular flexibility index (Phi) is 38.4. The van der Waals surface area contributed by atoms with E-state index in [1.165, 1.54) is 87.0 Å². The van der Waals surface area contributed by atoms with Gasteiger partial charge in [-0.1, -0.05) is 150 Å². The Bertz CT molecular complexity index is 3450. The molecule has 0 unspecified atom stereocenters. The highest BCUT2D eigenvalue weighted by Crippen LogP contribution is 2.42. The lowest BCUT2D eigenvalue weighted by Crippen LogP contribution is -2.69. The van der Waals surface area contributed by atoms with Crippen LogP contribution in [-0.2, 0) is 137 Å². The summed E-state index contributed by atoms with van der Waals surface area (Å²) in [5, 5.41) is 4.37. The summed E-state index contributed by atoms with van der Waals surface area (Å²) in [6, 6.07) is 17.7. The lowest BCUT2D eigenvalue weighted by Gasteiger charge is -2.51. The number of carbonyl (C=O) groups excluding carboxylic acids is 9. The molecular formula is C86H133N3O26. The first-order chi connectivity index (χ1) is 53.6. The minimum Gasteiger partial charge on any atom is -0.462 e. The van der Waals surface area contributed by atoms with Gasteiger partial charge in [-0.25, -0.2) is 0 Å². The van der Waals surface area contributed by atoms with Crippen molar-refractivity contribution in [2.24, 2.45) is 37.6 Å². The van der Waals surface area contributed by atoms with Gasteiger partial charge in [0.25, 0.3) is 0 Å². The molecule has 2 aromatic carbocycles. The van der Waals surface area contributed by atoms with Crippen LogP contribution in [0.3, 0.4) is 0 Å². The van der Waals surface area contributed by atoms with Crippen LogP contribution in [-0.4, -0.2) is 184 Å². The van der Waals surface area contributed by atoms with Gasteiger partial charge < -0.3 is 80.5 Å². The minimum absolute atomic E-state index is 0.0230. The molecule has 3 fully saturated rings. The minimum atomic E-state index is -2.18. The predicted octanol–water partition coefficient (Wildman–Crippen LogP) is 14.7. The van der Waals surface area contributed by atoms with E-state index in [1.807, 2.05) is 60.7 Å². The SMILES string of the molecule is CCCCCCCCCCCCCC[C@@H](OCc1ccccc1)[C@@H](OCc1ccccc1)[C@H](CO[C@H]1O[C@H](COC(=O)C(C)(C)C)[C@@H](O[C@@H]2O[C@H](COC(=O)C(C)(C)C)[C@H](OC(=O)C(C)(C)C)[C@H](O[C@H]3O[C@H](C)[C@H](OC(C)=O)[C@H](OC(C)=O)[C@H]3OC(C)=O)[C@H]2OC(=O)C(C)(C)C)[C@H](OC(=O)C(C)(C)C)[C@H]1OC(=O)C(C)(C)C)N=[N+]=[N-]. The third kappa shape index (κ3) is 32.1. The molecule has 29 nitrogen and oxygen atoms in total. The lowest BCUT2D eigenvalue weighted by atomic mass is 9.92. The van der Waals surface area contributed by atoms with E-state index in [1.54, 1.807) is 83.1 Å². The zero-order valence-electron chi connectivity index (χ0n) is 72.3. The van der Waals surface area contributed by atoms with E-state index in [9.17, 15) is 39.1 Å². The maximum absolute atomic E-state index is 15.1. The van der Waals surface area contributed by atoms with Crippen molar-refractivity contribution in [3.63, 3.8) is 0 Å². The molecular weight excluding hydrogens is 1490 g/mol. The Balaban J connectivity index is 1.82. The summed E-state index contributed by atoms with van der Waals surface area (Å²) in [4.78, 5) is 131. The number of azide groups is 1. The number of unbranched alkanes of at least 4 members (excludes halogenated alkanes) is 11. The zero-order chi connectivity index (χ0) is 86.0. The number of ether oxygens (including phenoxy) is 17. The Morgan fingerprint density at radius 1 is 0.409 bits per heavy atom. The average Bonchev–Trinajstić information content (AvgIpc) is 0.754. The number of rotatable bonds is 40. The highest BCUT2D eigenvalue weighted by molar-refractivity contribution is 5.78. The van der Waals surface area contributed by atoms with Crippen molar-refractivity contribution in [2.75, 3.05) is 19.8 Å². The molecule has 18 atom stereocenters. The molecule has 0 aliphatic carbocycles. The van der Waals surface area contributed by atoms with E-state index in [0.717, 1.165) is 64.0 Å². The van der Waals surface area contributed by atoms with Gasteiger partial charge >= 0.3 is 53.7 Å². The molecule has 2 aromatic rings. The van der Waals surface area contributed by atoms with Gasteiger partial charge in [0.05, 0.1) is 76.7 Å². The number of hydrogen-bond donors (Lipinski definition) is 0. The van der Waals surface area contributed by atoms with Crippen LogP contribution in [0.1, 0.15) is 254 Å². The second-order valence-corrected chi connectivity index (χ2v) is 36.3. The molecule has 5 rings (SSSR count). The van der Waals surface area contributed by atoms with Gasteiger partial charge in [0, 0.05) is 25.7 Å². The summed E-state index contributed by atoms with van der Waals surface area (Å²) in [5.41, 5.74) is 4.48. The number of benzene rings is 2. The highest BCUT2D eigenvalue weighted by atomic mass is 16.8. The molecule has 0 N–H and O–H groups in total. The van der Waals surface area contributed by atoms with Gasteiger partial charge in [-0.2, -0.15) is 0 Å².